The van der Waals surface area contributed by atoms with E-state index in [1.54, 1.807) is 7.05 Å². The lowest BCUT2D eigenvalue weighted by Crippen LogP contribution is -2.18. The first kappa shape index (κ1) is 9.17. The number of nitrogens with zero attached hydrogens (tertiary/aromatic N) is 1. The summed E-state index contributed by atoms with van der Waals surface area (Å²) >= 11 is 0. The number of amidine groups is 1. The van der Waals surface area contributed by atoms with E-state index in [-0.39, 0.29) is 6.61 Å². The summed E-state index contributed by atoms with van der Waals surface area (Å²) in [5, 5.41) is 8.78. The molecule has 0 rings (SSSR count). The lowest BCUT2D eigenvalue weighted by atomic mass is 10.1. The summed E-state index contributed by atoms with van der Waals surface area (Å²) in [6, 6.07) is 0. The molecular formula is C7H14N2O. The zero-order chi connectivity index (χ0) is 8.15. The summed E-state index contributed by atoms with van der Waals surface area (Å²) in [4.78, 5) is 3.76. The SMILES string of the molecule is CN=C(N)C(CO)=C(C)C. The Morgan fingerprint density at radius 2 is 2.00 bits per heavy atom. The molecule has 0 radical (unpaired) electrons. The molecule has 0 spiro atoms. The topological polar surface area (TPSA) is 58.6 Å². The van der Waals surface area contributed by atoms with Crippen LogP contribution in [-0.2, 0) is 0 Å². The van der Waals surface area contributed by atoms with Crippen molar-refractivity contribution in [1.29, 1.82) is 0 Å². The standard InChI is InChI=1S/C7H14N2O/c1-5(2)6(4-10)7(8)9-3/h10H,4H2,1-3H3,(H2,8,9). The molecule has 0 aliphatic carbocycles. The van der Waals surface area contributed by atoms with Gasteiger partial charge in [-0.05, 0) is 13.8 Å². The van der Waals surface area contributed by atoms with E-state index in [0.29, 0.717) is 5.84 Å². The van der Waals surface area contributed by atoms with Gasteiger partial charge in [0, 0.05) is 12.6 Å². The Labute approximate surface area is 61.3 Å². The summed E-state index contributed by atoms with van der Waals surface area (Å²) in [5.41, 5.74) is 7.19. The maximum atomic E-state index is 8.78. The molecule has 0 bridgehead atoms. The fourth-order valence-electron chi connectivity index (χ4n) is 0.630. The number of allylic oxidation sites excluding steroid dienone is 1. The summed E-state index contributed by atoms with van der Waals surface area (Å²) in [7, 11) is 1.61. The molecule has 0 aromatic rings. The van der Waals surface area contributed by atoms with E-state index in [0.717, 1.165) is 11.1 Å². The van der Waals surface area contributed by atoms with Crippen molar-refractivity contribution in [2.75, 3.05) is 13.7 Å². The average molecular weight is 142 g/mol. The van der Waals surface area contributed by atoms with Crippen LogP contribution in [0.4, 0.5) is 0 Å². The second kappa shape index (κ2) is 4.06. The Kier molecular flexibility index (Phi) is 3.72. The van der Waals surface area contributed by atoms with Gasteiger partial charge in [-0.1, -0.05) is 5.57 Å². The van der Waals surface area contributed by atoms with Crippen LogP contribution in [0.1, 0.15) is 13.8 Å². The molecule has 0 saturated heterocycles. The molecule has 0 fully saturated rings. The van der Waals surface area contributed by atoms with E-state index in [9.17, 15) is 0 Å². The molecule has 0 aromatic heterocycles. The maximum absolute atomic E-state index is 8.78. The third-order valence-corrected chi connectivity index (χ3v) is 1.31. The van der Waals surface area contributed by atoms with Crippen molar-refractivity contribution < 1.29 is 5.11 Å². The van der Waals surface area contributed by atoms with E-state index in [1.165, 1.54) is 0 Å². The van der Waals surface area contributed by atoms with Crippen LogP contribution in [0.2, 0.25) is 0 Å². The van der Waals surface area contributed by atoms with Gasteiger partial charge in [0.1, 0.15) is 5.84 Å². The molecular weight excluding hydrogens is 128 g/mol. The van der Waals surface area contributed by atoms with Crippen LogP contribution >= 0.6 is 0 Å². The fourth-order valence-corrected chi connectivity index (χ4v) is 0.630. The Bertz CT molecular complexity index is 160. The van der Waals surface area contributed by atoms with Crippen molar-refractivity contribution in [3.05, 3.63) is 11.1 Å². The van der Waals surface area contributed by atoms with E-state index >= 15 is 0 Å². The van der Waals surface area contributed by atoms with E-state index < -0.39 is 0 Å². The van der Waals surface area contributed by atoms with Gasteiger partial charge in [-0.25, -0.2) is 0 Å². The predicted octanol–water partition coefficient (Wildman–Crippen LogP) is 0.302. The quantitative estimate of drug-likeness (QED) is 0.430. The highest BCUT2D eigenvalue weighted by atomic mass is 16.3. The van der Waals surface area contributed by atoms with Crippen LogP contribution in [0, 0.1) is 0 Å². The molecule has 0 heterocycles. The monoisotopic (exact) mass is 142 g/mol. The van der Waals surface area contributed by atoms with Gasteiger partial charge in [-0.15, -0.1) is 0 Å². The van der Waals surface area contributed by atoms with Gasteiger partial charge in [-0.3, -0.25) is 4.99 Å². The first-order valence-electron chi connectivity index (χ1n) is 3.13. The van der Waals surface area contributed by atoms with Crippen LogP contribution in [0.3, 0.4) is 0 Å². The van der Waals surface area contributed by atoms with E-state index in [1.807, 2.05) is 13.8 Å². The van der Waals surface area contributed by atoms with Crippen LogP contribution in [-0.4, -0.2) is 24.6 Å². The van der Waals surface area contributed by atoms with Crippen LogP contribution in [0.5, 0.6) is 0 Å². The third-order valence-electron chi connectivity index (χ3n) is 1.31. The highest BCUT2D eigenvalue weighted by Crippen LogP contribution is 2.01. The Balaban J connectivity index is 4.54. The molecule has 0 aliphatic rings. The number of rotatable bonds is 2. The molecule has 0 aliphatic heterocycles. The van der Waals surface area contributed by atoms with Crippen molar-refractivity contribution >= 4 is 5.84 Å². The van der Waals surface area contributed by atoms with Gasteiger partial charge in [0.25, 0.3) is 0 Å². The Morgan fingerprint density at radius 1 is 1.50 bits per heavy atom. The molecule has 3 heteroatoms. The average Bonchev–Trinajstić information content (AvgIpc) is 1.88. The van der Waals surface area contributed by atoms with Gasteiger partial charge in [0.05, 0.1) is 6.61 Å². The van der Waals surface area contributed by atoms with E-state index in [2.05, 4.69) is 4.99 Å². The second-order valence-electron chi connectivity index (χ2n) is 2.25. The highest BCUT2D eigenvalue weighted by molar-refractivity contribution is 5.97. The van der Waals surface area contributed by atoms with Gasteiger partial charge in [0.2, 0.25) is 0 Å². The molecule has 10 heavy (non-hydrogen) atoms. The lowest BCUT2D eigenvalue weighted by molar-refractivity contribution is 0.336. The Morgan fingerprint density at radius 3 is 2.10 bits per heavy atom. The molecule has 58 valence electrons. The van der Waals surface area contributed by atoms with Crippen LogP contribution in [0.25, 0.3) is 0 Å². The minimum absolute atomic E-state index is 0.0362. The molecule has 3 N–H and O–H groups in total. The predicted molar refractivity (Wildman–Crippen MR) is 43.0 cm³/mol. The van der Waals surface area contributed by atoms with Crippen LogP contribution < -0.4 is 5.73 Å². The Hall–Kier alpha value is -0.830. The van der Waals surface area contributed by atoms with Crippen molar-refractivity contribution in [2.45, 2.75) is 13.8 Å². The number of aliphatic imine (C=N–C) groups is 1. The summed E-state index contributed by atoms with van der Waals surface area (Å²) in [6.07, 6.45) is 0. The summed E-state index contributed by atoms with van der Waals surface area (Å²) in [6.45, 7) is 3.75. The molecule has 0 atom stereocenters. The molecule has 0 saturated carbocycles. The van der Waals surface area contributed by atoms with Crippen molar-refractivity contribution in [3.63, 3.8) is 0 Å². The number of nitrogens with two attached hydrogens (primary N) is 1. The molecule has 0 amide bonds. The lowest BCUT2D eigenvalue weighted by Gasteiger charge is -2.03. The zero-order valence-corrected chi connectivity index (χ0v) is 6.68. The molecule has 3 nitrogen and oxygen atoms in total. The fraction of sp³-hybridized carbons (Fsp3) is 0.571. The van der Waals surface area contributed by atoms with Gasteiger partial charge in [0.15, 0.2) is 0 Å². The highest BCUT2D eigenvalue weighted by Gasteiger charge is 2.00. The summed E-state index contributed by atoms with van der Waals surface area (Å²) < 4.78 is 0. The first-order chi connectivity index (χ1) is 4.63. The zero-order valence-electron chi connectivity index (χ0n) is 6.68. The minimum atomic E-state index is -0.0362. The van der Waals surface area contributed by atoms with Crippen molar-refractivity contribution in [1.82, 2.24) is 0 Å². The largest absolute Gasteiger partial charge is 0.392 e. The van der Waals surface area contributed by atoms with Gasteiger partial charge in [-0.2, -0.15) is 0 Å². The number of aliphatic hydroxyl groups is 1. The van der Waals surface area contributed by atoms with Gasteiger partial charge < -0.3 is 10.8 Å². The van der Waals surface area contributed by atoms with Gasteiger partial charge >= 0.3 is 0 Å². The van der Waals surface area contributed by atoms with Crippen molar-refractivity contribution in [3.8, 4) is 0 Å². The first-order valence-corrected chi connectivity index (χ1v) is 3.13. The van der Waals surface area contributed by atoms with E-state index in [4.69, 9.17) is 10.8 Å². The summed E-state index contributed by atoms with van der Waals surface area (Å²) in [5.74, 6) is 0.419. The van der Waals surface area contributed by atoms with Crippen LogP contribution in [0.15, 0.2) is 16.1 Å². The molecule has 0 aromatic carbocycles. The third kappa shape index (κ3) is 2.19. The second-order valence-corrected chi connectivity index (χ2v) is 2.25. The molecule has 0 unspecified atom stereocenters. The maximum Gasteiger partial charge on any atom is 0.123 e. The number of aliphatic hydroxyl groups excluding tert-OH is 1. The normalized spacial score (nSPS) is 11.4. The number of hydrogen-bond donors (Lipinski definition) is 2. The smallest absolute Gasteiger partial charge is 0.123 e. The minimum Gasteiger partial charge on any atom is -0.392 e. The number of hydrogen-bond acceptors (Lipinski definition) is 2. The van der Waals surface area contributed by atoms with Crippen molar-refractivity contribution in [2.24, 2.45) is 10.7 Å².